The fourth-order valence-corrected chi connectivity index (χ4v) is 3.10. The molecule has 4 N–H and O–H groups in total. The number of carboxylic acid groups (broad SMARTS) is 1. The largest absolute Gasteiger partial charge is 0.490 e. The summed E-state index contributed by atoms with van der Waals surface area (Å²) in [5, 5.41) is 14.7. The van der Waals surface area contributed by atoms with Gasteiger partial charge in [0.05, 0.1) is 18.3 Å². The molecule has 8 nitrogen and oxygen atoms in total. The van der Waals surface area contributed by atoms with Crippen molar-refractivity contribution in [2.75, 3.05) is 6.54 Å². The Morgan fingerprint density at radius 2 is 2.11 bits per heavy atom. The fourth-order valence-electron chi connectivity index (χ4n) is 3.10. The number of hydrogen-bond acceptors (Lipinski definition) is 5. The Labute approximate surface area is 151 Å². The van der Waals surface area contributed by atoms with Crippen LogP contribution in [0.25, 0.3) is 11.3 Å². The van der Waals surface area contributed by atoms with Crippen LogP contribution in [0.3, 0.4) is 0 Å². The van der Waals surface area contributed by atoms with E-state index in [4.69, 9.17) is 15.6 Å². The first-order valence-electron chi connectivity index (χ1n) is 8.06. The van der Waals surface area contributed by atoms with Gasteiger partial charge in [-0.2, -0.15) is 18.3 Å². The molecule has 11 heteroatoms. The maximum Gasteiger partial charge on any atom is 0.490 e. The molecule has 4 rings (SSSR count). The van der Waals surface area contributed by atoms with Crippen LogP contribution in [-0.4, -0.2) is 50.5 Å². The number of aromatic nitrogens is 3. The number of nitrogens with zero attached hydrogens (tertiary/aromatic N) is 3. The molecule has 0 bridgehead atoms. The summed E-state index contributed by atoms with van der Waals surface area (Å²) < 4.78 is 33.6. The quantitative estimate of drug-likeness (QED) is 0.668. The van der Waals surface area contributed by atoms with E-state index < -0.39 is 12.1 Å². The molecular formula is C16H16F3N5O3. The standard InChI is InChI=1S/C14H15N5O.C2HF3O2/c15-5-9-7-19-13(14(20)17-9)11-2-1-8-6-16-4-3-10(8)12(11)18-19;3-2(4,5)1(6)7/h3-4,6,9H,1-2,5,7,15H2,(H,17,20);(H,6,7). The SMILES string of the molecule is NCC1Cn2nc3c(c2C(=O)N1)CCc1cnccc1-3.O=C(O)C(F)(F)F. The van der Waals surface area contributed by atoms with Gasteiger partial charge in [0.25, 0.3) is 5.91 Å². The minimum atomic E-state index is -5.08. The van der Waals surface area contributed by atoms with Crippen LogP contribution in [0.15, 0.2) is 18.5 Å². The van der Waals surface area contributed by atoms with Gasteiger partial charge in [-0.05, 0) is 24.5 Å². The van der Waals surface area contributed by atoms with Gasteiger partial charge in [-0.3, -0.25) is 14.5 Å². The van der Waals surface area contributed by atoms with Crippen LogP contribution in [0.1, 0.15) is 21.6 Å². The van der Waals surface area contributed by atoms with E-state index in [1.54, 1.807) is 6.20 Å². The van der Waals surface area contributed by atoms with Crippen LogP contribution in [0, 0.1) is 0 Å². The van der Waals surface area contributed by atoms with Crippen molar-refractivity contribution >= 4 is 11.9 Å². The molecule has 2 aliphatic rings. The van der Waals surface area contributed by atoms with Crippen molar-refractivity contribution in [1.29, 1.82) is 0 Å². The van der Waals surface area contributed by atoms with Crippen LogP contribution in [-0.2, 0) is 24.2 Å². The topological polar surface area (TPSA) is 123 Å². The summed E-state index contributed by atoms with van der Waals surface area (Å²) in [5.74, 6) is -2.81. The molecule has 3 heterocycles. The highest BCUT2D eigenvalue weighted by atomic mass is 19.4. The average molecular weight is 383 g/mol. The second-order valence-corrected chi connectivity index (χ2v) is 6.10. The van der Waals surface area contributed by atoms with Gasteiger partial charge in [0.1, 0.15) is 5.69 Å². The Morgan fingerprint density at radius 1 is 1.41 bits per heavy atom. The van der Waals surface area contributed by atoms with Gasteiger partial charge < -0.3 is 16.2 Å². The molecule has 1 atom stereocenters. The molecular weight excluding hydrogens is 367 g/mol. The fraction of sp³-hybridized carbons (Fsp3) is 0.375. The molecule has 0 radical (unpaired) electrons. The number of pyridine rings is 1. The monoisotopic (exact) mass is 383 g/mol. The highest BCUT2D eigenvalue weighted by Crippen LogP contribution is 2.34. The molecule has 27 heavy (non-hydrogen) atoms. The van der Waals surface area contributed by atoms with E-state index in [9.17, 15) is 18.0 Å². The number of rotatable bonds is 1. The summed E-state index contributed by atoms with van der Waals surface area (Å²) in [6.45, 7) is 1.07. The van der Waals surface area contributed by atoms with E-state index in [1.165, 1.54) is 5.56 Å². The Balaban J connectivity index is 0.000000260. The average Bonchev–Trinajstić information content (AvgIpc) is 3.00. The molecule has 0 saturated heterocycles. The molecule has 2 aromatic heterocycles. The number of aliphatic carboxylic acids is 1. The van der Waals surface area contributed by atoms with Crippen LogP contribution in [0.2, 0.25) is 0 Å². The van der Waals surface area contributed by atoms with Gasteiger partial charge >= 0.3 is 12.1 Å². The van der Waals surface area contributed by atoms with Crippen LogP contribution >= 0.6 is 0 Å². The van der Waals surface area contributed by atoms with E-state index in [0.29, 0.717) is 18.8 Å². The van der Waals surface area contributed by atoms with E-state index in [2.05, 4.69) is 15.4 Å². The van der Waals surface area contributed by atoms with Crippen LogP contribution < -0.4 is 11.1 Å². The predicted molar refractivity (Wildman–Crippen MR) is 86.9 cm³/mol. The zero-order valence-corrected chi connectivity index (χ0v) is 14.0. The van der Waals surface area contributed by atoms with Crippen molar-refractivity contribution in [2.24, 2.45) is 5.73 Å². The predicted octanol–water partition coefficient (Wildman–Crippen LogP) is 0.748. The molecule has 144 valence electrons. The number of halogens is 3. The first-order valence-corrected chi connectivity index (χ1v) is 8.06. The number of carboxylic acids is 1. The van der Waals surface area contributed by atoms with Crippen molar-refractivity contribution in [3.8, 4) is 11.3 Å². The molecule has 1 amide bonds. The van der Waals surface area contributed by atoms with Crippen molar-refractivity contribution in [3.63, 3.8) is 0 Å². The zero-order valence-electron chi connectivity index (χ0n) is 14.0. The number of carbonyl (C=O) groups is 2. The van der Waals surface area contributed by atoms with Gasteiger partial charge in [-0.25, -0.2) is 4.79 Å². The molecule has 2 aromatic rings. The number of amides is 1. The minimum Gasteiger partial charge on any atom is -0.475 e. The van der Waals surface area contributed by atoms with E-state index >= 15 is 0 Å². The molecule has 0 spiro atoms. The van der Waals surface area contributed by atoms with E-state index in [-0.39, 0.29) is 11.9 Å². The van der Waals surface area contributed by atoms with Crippen molar-refractivity contribution in [1.82, 2.24) is 20.1 Å². The Hall–Kier alpha value is -2.95. The van der Waals surface area contributed by atoms with E-state index in [0.717, 1.165) is 29.7 Å². The lowest BCUT2D eigenvalue weighted by atomic mass is 9.90. The van der Waals surface area contributed by atoms with Crippen molar-refractivity contribution < 1.29 is 27.9 Å². The molecule has 1 unspecified atom stereocenters. The maximum atomic E-state index is 12.3. The summed E-state index contributed by atoms with van der Waals surface area (Å²) >= 11 is 0. The van der Waals surface area contributed by atoms with E-state index in [1.807, 2.05) is 16.9 Å². The third-order valence-corrected chi connectivity index (χ3v) is 4.32. The van der Waals surface area contributed by atoms with Crippen molar-refractivity contribution in [2.45, 2.75) is 31.6 Å². The maximum absolute atomic E-state index is 12.3. The molecule has 1 aliphatic heterocycles. The first-order chi connectivity index (χ1) is 12.7. The summed E-state index contributed by atoms with van der Waals surface area (Å²) in [6, 6.07) is 1.94. The highest BCUT2D eigenvalue weighted by molar-refractivity contribution is 5.97. The third kappa shape index (κ3) is 3.63. The Morgan fingerprint density at radius 3 is 2.74 bits per heavy atom. The number of alkyl halides is 3. The third-order valence-electron chi connectivity index (χ3n) is 4.32. The van der Waals surface area contributed by atoms with Crippen LogP contribution in [0.4, 0.5) is 13.2 Å². The summed E-state index contributed by atoms with van der Waals surface area (Å²) in [4.78, 5) is 25.3. The lowest BCUT2D eigenvalue weighted by molar-refractivity contribution is -0.192. The molecule has 0 fully saturated rings. The normalized spacial score (nSPS) is 17.6. The lowest BCUT2D eigenvalue weighted by Gasteiger charge is -2.24. The molecule has 0 aromatic carbocycles. The summed E-state index contributed by atoms with van der Waals surface area (Å²) in [6.07, 6.45) is 0.320. The Bertz CT molecular complexity index is 894. The molecule has 0 saturated carbocycles. The number of aryl methyl sites for hydroxylation is 1. The van der Waals surface area contributed by atoms with Crippen LogP contribution in [0.5, 0.6) is 0 Å². The number of carbonyl (C=O) groups excluding carboxylic acids is 1. The Kier molecular flexibility index (Phi) is 4.87. The number of hydrogen-bond donors (Lipinski definition) is 3. The summed E-state index contributed by atoms with van der Waals surface area (Å²) in [7, 11) is 0. The van der Waals surface area contributed by atoms with Gasteiger partial charge in [0.2, 0.25) is 0 Å². The van der Waals surface area contributed by atoms with Gasteiger partial charge in [0.15, 0.2) is 0 Å². The van der Waals surface area contributed by atoms with Crippen molar-refractivity contribution in [3.05, 3.63) is 35.3 Å². The van der Waals surface area contributed by atoms with Gasteiger partial charge in [-0.15, -0.1) is 0 Å². The highest BCUT2D eigenvalue weighted by Gasteiger charge is 2.38. The minimum absolute atomic E-state index is 0.0340. The number of fused-ring (bicyclic) bond motifs is 5. The number of nitrogens with two attached hydrogens (primary N) is 1. The smallest absolute Gasteiger partial charge is 0.475 e. The van der Waals surface area contributed by atoms with Gasteiger partial charge in [-0.1, -0.05) is 0 Å². The first kappa shape index (κ1) is 18.8. The second-order valence-electron chi connectivity index (χ2n) is 6.10. The lowest BCUT2D eigenvalue weighted by Crippen LogP contribution is -2.48. The number of nitrogens with one attached hydrogen (secondary N) is 1. The molecule has 1 aliphatic carbocycles. The summed E-state index contributed by atoms with van der Waals surface area (Å²) in [5.41, 5.74) is 10.6. The second kappa shape index (κ2) is 6.99. The zero-order chi connectivity index (χ0) is 19.8. The van der Waals surface area contributed by atoms with Gasteiger partial charge in [0, 0.05) is 30.1 Å².